The third kappa shape index (κ3) is 5.72. The van der Waals surface area contributed by atoms with Crippen molar-refractivity contribution in [1.29, 1.82) is 0 Å². The molecule has 3 rings (SSSR count). The Balaban J connectivity index is 1.43. The summed E-state index contributed by atoms with van der Waals surface area (Å²) in [5, 5.41) is 14.9. The fraction of sp³-hybridized carbons (Fsp3) is 0.238. The molecule has 1 atom stereocenters. The number of hydrogen-bond donors (Lipinski definition) is 2. The Labute approximate surface area is 168 Å². The molecule has 6 nitrogen and oxygen atoms in total. The van der Waals surface area contributed by atoms with Crippen LogP contribution in [0.5, 0.6) is 0 Å². The van der Waals surface area contributed by atoms with Gasteiger partial charge in [-0.1, -0.05) is 59.9 Å². The highest BCUT2D eigenvalue weighted by atomic mass is 32.1. The zero-order valence-corrected chi connectivity index (χ0v) is 16.4. The Morgan fingerprint density at radius 2 is 1.68 bits per heavy atom. The molecule has 0 unspecified atom stereocenters. The number of carbonyl (C=O) groups excluding carboxylic acids is 2. The minimum Gasteiger partial charge on any atom is -0.350 e. The van der Waals surface area contributed by atoms with Crippen LogP contribution in [0.15, 0.2) is 60.7 Å². The van der Waals surface area contributed by atoms with E-state index in [0.29, 0.717) is 30.0 Å². The van der Waals surface area contributed by atoms with Gasteiger partial charge in [0.05, 0.1) is 6.04 Å². The number of para-hydroxylation sites is 1. The normalized spacial score (nSPS) is 11.6. The molecule has 0 fully saturated rings. The number of rotatable bonds is 8. The van der Waals surface area contributed by atoms with Crippen molar-refractivity contribution in [3.05, 3.63) is 76.2 Å². The smallest absolute Gasteiger partial charge is 0.286 e. The van der Waals surface area contributed by atoms with Crippen LogP contribution in [0.4, 0.5) is 5.69 Å². The molecule has 0 saturated carbocycles. The van der Waals surface area contributed by atoms with Gasteiger partial charge in [0.2, 0.25) is 10.9 Å². The molecule has 0 radical (unpaired) electrons. The quantitative estimate of drug-likeness (QED) is 0.605. The molecule has 0 aliphatic heterocycles. The van der Waals surface area contributed by atoms with E-state index in [4.69, 9.17) is 0 Å². The van der Waals surface area contributed by atoms with Crippen LogP contribution in [0.25, 0.3) is 0 Å². The van der Waals surface area contributed by atoms with E-state index in [2.05, 4.69) is 20.8 Å². The van der Waals surface area contributed by atoms with Gasteiger partial charge in [-0.15, -0.1) is 10.2 Å². The number of hydrogen-bond acceptors (Lipinski definition) is 5. The lowest BCUT2D eigenvalue weighted by Crippen LogP contribution is -2.26. The summed E-state index contributed by atoms with van der Waals surface area (Å²) < 4.78 is 0. The van der Waals surface area contributed by atoms with Gasteiger partial charge < -0.3 is 10.6 Å². The van der Waals surface area contributed by atoms with Crippen molar-refractivity contribution in [2.45, 2.75) is 32.2 Å². The Kier molecular flexibility index (Phi) is 6.86. The average molecular weight is 395 g/mol. The Morgan fingerprint density at radius 3 is 2.39 bits per heavy atom. The topological polar surface area (TPSA) is 84.0 Å². The summed E-state index contributed by atoms with van der Waals surface area (Å²) in [7, 11) is 0. The van der Waals surface area contributed by atoms with Gasteiger partial charge in [-0.25, -0.2) is 0 Å². The summed E-state index contributed by atoms with van der Waals surface area (Å²) in [6.07, 6.45) is 1.67. The number of benzene rings is 2. The maximum absolute atomic E-state index is 12.2. The van der Waals surface area contributed by atoms with E-state index in [1.165, 1.54) is 11.3 Å². The van der Waals surface area contributed by atoms with Gasteiger partial charge in [0.1, 0.15) is 5.01 Å². The molecule has 0 aliphatic rings. The SMILES string of the molecule is C[C@@H](NC(=O)CCCc1nnc(C(=O)Nc2ccccc2)s1)c1ccccc1. The van der Waals surface area contributed by atoms with E-state index in [1.807, 2.05) is 67.6 Å². The van der Waals surface area contributed by atoms with E-state index < -0.39 is 0 Å². The van der Waals surface area contributed by atoms with Crippen molar-refractivity contribution in [2.75, 3.05) is 5.32 Å². The van der Waals surface area contributed by atoms with Gasteiger partial charge in [0.25, 0.3) is 5.91 Å². The first-order valence-corrected chi connectivity index (χ1v) is 9.96. The van der Waals surface area contributed by atoms with Crippen LogP contribution >= 0.6 is 11.3 Å². The molecule has 1 heterocycles. The fourth-order valence-electron chi connectivity index (χ4n) is 2.69. The molecule has 0 spiro atoms. The maximum Gasteiger partial charge on any atom is 0.286 e. The molecule has 0 saturated heterocycles. The monoisotopic (exact) mass is 394 g/mol. The first kappa shape index (κ1) is 19.7. The van der Waals surface area contributed by atoms with Gasteiger partial charge in [-0.05, 0) is 31.0 Å². The van der Waals surface area contributed by atoms with Gasteiger partial charge in [-0.2, -0.15) is 0 Å². The molecular weight excluding hydrogens is 372 g/mol. The molecule has 7 heteroatoms. The second-order valence-electron chi connectivity index (χ2n) is 6.37. The highest BCUT2D eigenvalue weighted by Crippen LogP contribution is 2.16. The number of carbonyl (C=O) groups is 2. The van der Waals surface area contributed by atoms with E-state index >= 15 is 0 Å². The number of aromatic nitrogens is 2. The Morgan fingerprint density at radius 1 is 1.00 bits per heavy atom. The summed E-state index contributed by atoms with van der Waals surface area (Å²) in [5.74, 6) is -0.271. The van der Waals surface area contributed by atoms with Crippen LogP contribution in [0, 0.1) is 0 Å². The molecule has 0 bridgehead atoms. The van der Waals surface area contributed by atoms with Crippen molar-refractivity contribution in [3.63, 3.8) is 0 Å². The first-order valence-electron chi connectivity index (χ1n) is 9.15. The number of aryl methyl sites for hydroxylation is 1. The number of anilines is 1. The van der Waals surface area contributed by atoms with Gasteiger partial charge in [-0.3, -0.25) is 9.59 Å². The van der Waals surface area contributed by atoms with Gasteiger partial charge in [0, 0.05) is 18.5 Å². The molecule has 2 aromatic carbocycles. The maximum atomic E-state index is 12.2. The van der Waals surface area contributed by atoms with Gasteiger partial charge in [0.15, 0.2) is 0 Å². The van der Waals surface area contributed by atoms with Crippen molar-refractivity contribution < 1.29 is 9.59 Å². The van der Waals surface area contributed by atoms with Crippen LogP contribution in [0.1, 0.15) is 46.2 Å². The van der Waals surface area contributed by atoms with Crippen LogP contribution < -0.4 is 10.6 Å². The second kappa shape index (κ2) is 9.75. The molecule has 0 aliphatic carbocycles. The molecule has 2 N–H and O–H groups in total. The zero-order chi connectivity index (χ0) is 19.8. The number of nitrogens with one attached hydrogen (secondary N) is 2. The third-order valence-corrected chi connectivity index (χ3v) is 5.15. The van der Waals surface area contributed by atoms with E-state index in [0.717, 1.165) is 10.6 Å². The lowest BCUT2D eigenvalue weighted by molar-refractivity contribution is -0.121. The molecule has 28 heavy (non-hydrogen) atoms. The summed E-state index contributed by atoms with van der Waals surface area (Å²) in [5.41, 5.74) is 1.79. The van der Waals surface area contributed by atoms with Crippen molar-refractivity contribution in [1.82, 2.24) is 15.5 Å². The molecule has 1 aromatic heterocycles. The fourth-order valence-corrected chi connectivity index (χ4v) is 3.47. The largest absolute Gasteiger partial charge is 0.350 e. The average Bonchev–Trinajstić information content (AvgIpc) is 3.18. The summed E-state index contributed by atoms with van der Waals surface area (Å²) >= 11 is 1.26. The van der Waals surface area contributed by atoms with E-state index in [-0.39, 0.29) is 17.9 Å². The van der Waals surface area contributed by atoms with Crippen molar-refractivity contribution >= 4 is 28.8 Å². The molecule has 144 valence electrons. The standard InChI is InChI=1S/C21H22N4O2S/c1-15(16-9-4-2-5-10-16)22-18(26)13-8-14-19-24-25-21(28-19)20(27)23-17-11-6-3-7-12-17/h2-7,9-12,15H,8,13-14H2,1H3,(H,22,26)(H,23,27)/t15-/m1/s1. The number of amides is 2. The molecule has 3 aromatic rings. The first-order chi connectivity index (χ1) is 13.6. The lowest BCUT2D eigenvalue weighted by atomic mass is 10.1. The zero-order valence-electron chi connectivity index (χ0n) is 15.6. The summed E-state index contributed by atoms with van der Waals surface area (Å²) in [6, 6.07) is 19.0. The van der Waals surface area contributed by atoms with Crippen LogP contribution in [0.2, 0.25) is 0 Å². The predicted octanol–water partition coefficient (Wildman–Crippen LogP) is 3.99. The summed E-state index contributed by atoms with van der Waals surface area (Å²) in [6.45, 7) is 1.97. The molecular formula is C21H22N4O2S. The third-order valence-electron chi connectivity index (χ3n) is 4.16. The van der Waals surface area contributed by atoms with Crippen LogP contribution in [0.3, 0.4) is 0 Å². The predicted molar refractivity (Wildman–Crippen MR) is 110 cm³/mol. The van der Waals surface area contributed by atoms with Crippen molar-refractivity contribution in [2.24, 2.45) is 0 Å². The highest BCUT2D eigenvalue weighted by molar-refractivity contribution is 7.13. The molecule has 2 amide bonds. The Hall–Kier alpha value is -3.06. The summed E-state index contributed by atoms with van der Waals surface area (Å²) in [4.78, 5) is 24.3. The van der Waals surface area contributed by atoms with Crippen LogP contribution in [-0.2, 0) is 11.2 Å². The van der Waals surface area contributed by atoms with Crippen molar-refractivity contribution in [3.8, 4) is 0 Å². The van der Waals surface area contributed by atoms with Crippen LogP contribution in [-0.4, -0.2) is 22.0 Å². The minimum absolute atomic E-state index is 0.00270. The second-order valence-corrected chi connectivity index (χ2v) is 7.44. The lowest BCUT2D eigenvalue weighted by Gasteiger charge is -2.14. The van der Waals surface area contributed by atoms with Gasteiger partial charge >= 0.3 is 0 Å². The van der Waals surface area contributed by atoms with E-state index in [1.54, 1.807) is 0 Å². The number of nitrogens with zero attached hydrogens (tertiary/aromatic N) is 2. The minimum atomic E-state index is -0.274. The highest BCUT2D eigenvalue weighted by Gasteiger charge is 2.14. The Bertz CT molecular complexity index is 912. The van der Waals surface area contributed by atoms with E-state index in [9.17, 15) is 9.59 Å².